The molecule has 0 aromatic heterocycles. The third-order valence-electron chi connectivity index (χ3n) is 3.16. The van der Waals surface area contributed by atoms with Gasteiger partial charge in [0.25, 0.3) is 0 Å². The van der Waals surface area contributed by atoms with Crippen LogP contribution in [0.2, 0.25) is 0 Å². The number of nitrogens with zero attached hydrogens (tertiary/aromatic N) is 1. The second-order valence-electron chi connectivity index (χ2n) is 4.55. The Labute approximate surface area is 126 Å². The van der Waals surface area contributed by atoms with Gasteiger partial charge in [0.1, 0.15) is 0 Å². The van der Waals surface area contributed by atoms with Crippen molar-refractivity contribution >= 4 is 23.0 Å². The topological polar surface area (TPSA) is 15.3 Å². The summed E-state index contributed by atoms with van der Waals surface area (Å²) < 4.78 is 0. The third-order valence-corrected chi connectivity index (χ3v) is 3.53. The molecule has 2 rings (SSSR count). The van der Waals surface area contributed by atoms with Crippen LogP contribution in [0.3, 0.4) is 0 Å². The molecule has 2 aromatic rings. The van der Waals surface area contributed by atoms with E-state index in [4.69, 9.17) is 12.2 Å². The molecule has 0 unspecified atom stereocenters. The predicted octanol–water partition coefficient (Wildman–Crippen LogP) is 3.63. The van der Waals surface area contributed by atoms with E-state index in [0.717, 1.165) is 30.3 Å². The molecular formula is C17H20N2S. The Morgan fingerprint density at radius 2 is 1.60 bits per heavy atom. The first kappa shape index (κ1) is 14.5. The summed E-state index contributed by atoms with van der Waals surface area (Å²) in [7, 11) is 0. The molecular weight excluding hydrogens is 264 g/mol. The van der Waals surface area contributed by atoms with Crippen molar-refractivity contribution in [2.75, 3.05) is 18.0 Å². The van der Waals surface area contributed by atoms with Gasteiger partial charge >= 0.3 is 0 Å². The molecule has 0 atom stereocenters. The highest BCUT2D eigenvalue weighted by Gasteiger charge is 2.08. The van der Waals surface area contributed by atoms with Crippen molar-refractivity contribution in [1.29, 1.82) is 0 Å². The first-order valence-corrected chi connectivity index (χ1v) is 7.36. The van der Waals surface area contributed by atoms with Crippen LogP contribution >= 0.6 is 12.2 Å². The van der Waals surface area contributed by atoms with E-state index >= 15 is 0 Å². The van der Waals surface area contributed by atoms with Gasteiger partial charge in [-0.05, 0) is 43.3 Å². The van der Waals surface area contributed by atoms with Gasteiger partial charge in [-0.15, -0.1) is 0 Å². The molecule has 0 radical (unpaired) electrons. The molecule has 104 valence electrons. The molecule has 0 fully saturated rings. The molecule has 0 heterocycles. The van der Waals surface area contributed by atoms with Crippen LogP contribution in [0.5, 0.6) is 0 Å². The molecule has 2 aromatic carbocycles. The van der Waals surface area contributed by atoms with E-state index in [1.54, 1.807) is 0 Å². The lowest BCUT2D eigenvalue weighted by Crippen LogP contribution is -2.40. The monoisotopic (exact) mass is 284 g/mol. The lowest BCUT2D eigenvalue weighted by Gasteiger charge is -2.24. The minimum absolute atomic E-state index is 0.787. The van der Waals surface area contributed by atoms with Gasteiger partial charge in [-0.1, -0.05) is 48.5 Å². The molecule has 0 bridgehead atoms. The number of benzene rings is 2. The second kappa shape index (κ2) is 7.65. The van der Waals surface area contributed by atoms with Gasteiger partial charge in [0, 0.05) is 18.8 Å². The van der Waals surface area contributed by atoms with Crippen LogP contribution in [0.15, 0.2) is 60.7 Å². The maximum absolute atomic E-state index is 5.49. The average Bonchev–Trinajstić information content (AvgIpc) is 2.50. The Balaban J connectivity index is 1.87. The standard InChI is InChI=1S/C17H20N2S/c1-2-19(16-11-7-4-8-12-16)17(20)18-14-13-15-9-5-3-6-10-15/h3-12H,2,13-14H2,1H3,(H,18,20). The number of rotatable bonds is 5. The number of anilines is 1. The highest BCUT2D eigenvalue weighted by molar-refractivity contribution is 7.80. The van der Waals surface area contributed by atoms with Gasteiger partial charge in [0.15, 0.2) is 5.11 Å². The Bertz CT molecular complexity index is 525. The van der Waals surface area contributed by atoms with Gasteiger partial charge in [0.05, 0.1) is 0 Å². The fourth-order valence-electron chi connectivity index (χ4n) is 2.11. The van der Waals surface area contributed by atoms with Crippen molar-refractivity contribution in [1.82, 2.24) is 5.32 Å². The molecule has 2 nitrogen and oxygen atoms in total. The van der Waals surface area contributed by atoms with Gasteiger partial charge in [-0.25, -0.2) is 0 Å². The molecule has 0 spiro atoms. The van der Waals surface area contributed by atoms with Crippen LogP contribution in [0.1, 0.15) is 12.5 Å². The van der Waals surface area contributed by atoms with Crippen molar-refractivity contribution < 1.29 is 0 Å². The molecule has 0 saturated heterocycles. The van der Waals surface area contributed by atoms with Crippen LogP contribution in [0.25, 0.3) is 0 Å². The fourth-order valence-corrected chi connectivity index (χ4v) is 2.44. The molecule has 0 saturated carbocycles. The molecule has 0 amide bonds. The van der Waals surface area contributed by atoms with Crippen LogP contribution in [-0.4, -0.2) is 18.2 Å². The maximum Gasteiger partial charge on any atom is 0.173 e. The lowest BCUT2D eigenvalue weighted by atomic mass is 10.1. The quantitative estimate of drug-likeness (QED) is 0.844. The van der Waals surface area contributed by atoms with Crippen molar-refractivity contribution in [3.05, 3.63) is 66.2 Å². The van der Waals surface area contributed by atoms with Gasteiger partial charge in [0.2, 0.25) is 0 Å². The Morgan fingerprint density at radius 3 is 2.20 bits per heavy atom. The smallest absolute Gasteiger partial charge is 0.173 e. The summed E-state index contributed by atoms with van der Waals surface area (Å²) in [5.41, 5.74) is 2.46. The van der Waals surface area contributed by atoms with E-state index < -0.39 is 0 Å². The maximum atomic E-state index is 5.49. The third kappa shape index (κ3) is 4.07. The minimum atomic E-state index is 0.787. The largest absolute Gasteiger partial charge is 0.362 e. The summed E-state index contributed by atoms with van der Waals surface area (Å²) in [4.78, 5) is 2.11. The Kier molecular flexibility index (Phi) is 5.56. The van der Waals surface area contributed by atoms with E-state index in [-0.39, 0.29) is 0 Å². The lowest BCUT2D eigenvalue weighted by molar-refractivity contribution is 0.852. The van der Waals surface area contributed by atoms with Gasteiger partial charge in [-0.3, -0.25) is 0 Å². The van der Waals surface area contributed by atoms with Gasteiger partial charge in [-0.2, -0.15) is 0 Å². The van der Waals surface area contributed by atoms with Gasteiger partial charge < -0.3 is 10.2 Å². The highest BCUT2D eigenvalue weighted by atomic mass is 32.1. The summed E-state index contributed by atoms with van der Waals surface area (Å²) in [5.74, 6) is 0. The number of nitrogens with one attached hydrogen (secondary N) is 1. The van der Waals surface area contributed by atoms with E-state index in [0.29, 0.717) is 0 Å². The summed E-state index contributed by atoms with van der Waals surface area (Å²) in [6.45, 7) is 3.82. The molecule has 0 aliphatic heterocycles. The zero-order valence-electron chi connectivity index (χ0n) is 11.8. The fraction of sp³-hybridized carbons (Fsp3) is 0.235. The number of hydrogen-bond acceptors (Lipinski definition) is 1. The first-order chi connectivity index (χ1) is 9.81. The van der Waals surface area contributed by atoms with E-state index in [1.165, 1.54) is 5.56 Å². The Morgan fingerprint density at radius 1 is 1.00 bits per heavy atom. The summed E-state index contributed by atoms with van der Waals surface area (Å²) >= 11 is 5.49. The summed E-state index contributed by atoms with van der Waals surface area (Å²) in [5, 5.41) is 4.12. The summed E-state index contributed by atoms with van der Waals surface area (Å²) in [6.07, 6.45) is 0.979. The summed E-state index contributed by atoms with van der Waals surface area (Å²) in [6, 6.07) is 20.7. The first-order valence-electron chi connectivity index (χ1n) is 6.95. The molecule has 1 N–H and O–H groups in total. The second-order valence-corrected chi connectivity index (χ2v) is 4.93. The minimum Gasteiger partial charge on any atom is -0.362 e. The molecule has 20 heavy (non-hydrogen) atoms. The van der Waals surface area contributed by atoms with Crippen molar-refractivity contribution in [3.63, 3.8) is 0 Å². The Hall–Kier alpha value is -1.87. The van der Waals surface area contributed by atoms with E-state index in [9.17, 15) is 0 Å². The van der Waals surface area contributed by atoms with Crippen LogP contribution < -0.4 is 10.2 Å². The zero-order chi connectivity index (χ0) is 14.2. The molecule has 0 aliphatic rings. The van der Waals surface area contributed by atoms with E-state index in [2.05, 4.69) is 53.5 Å². The van der Waals surface area contributed by atoms with Crippen molar-refractivity contribution in [2.24, 2.45) is 0 Å². The SMILES string of the molecule is CCN(C(=S)NCCc1ccccc1)c1ccccc1. The normalized spacial score (nSPS) is 10.1. The number of thiocarbonyl (C=S) groups is 1. The van der Waals surface area contributed by atoms with Crippen LogP contribution in [0, 0.1) is 0 Å². The zero-order valence-corrected chi connectivity index (χ0v) is 12.6. The van der Waals surface area contributed by atoms with E-state index in [1.807, 2.05) is 24.3 Å². The van der Waals surface area contributed by atoms with Crippen molar-refractivity contribution in [3.8, 4) is 0 Å². The predicted molar refractivity (Wildman–Crippen MR) is 90.2 cm³/mol. The molecule has 3 heteroatoms. The van der Waals surface area contributed by atoms with Crippen molar-refractivity contribution in [2.45, 2.75) is 13.3 Å². The molecule has 0 aliphatic carbocycles. The van der Waals surface area contributed by atoms with Crippen LogP contribution in [0.4, 0.5) is 5.69 Å². The number of para-hydroxylation sites is 1. The number of hydrogen-bond donors (Lipinski definition) is 1. The highest BCUT2D eigenvalue weighted by Crippen LogP contribution is 2.12. The average molecular weight is 284 g/mol. The van der Waals surface area contributed by atoms with Crippen LogP contribution in [-0.2, 0) is 6.42 Å².